The maximum Gasteiger partial charge on any atom is 0.230 e. The number of hydrogen-bond donors (Lipinski definition) is 1. The van der Waals surface area contributed by atoms with Crippen LogP contribution in [0, 0.1) is 0 Å². The lowest BCUT2D eigenvalue weighted by molar-refractivity contribution is -0.115. The van der Waals surface area contributed by atoms with Crippen molar-refractivity contribution in [1.29, 1.82) is 0 Å². The summed E-state index contributed by atoms with van der Waals surface area (Å²) in [6.45, 7) is 6.48. The maximum absolute atomic E-state index is 12.3. The quantitative estimate of drug-likeness (QED) is 0.510. The van der Waals surface area contributed by atoms with Gasteiger partial charge in [-0.05, 0) is 52.3 Å². The van der Waals surface area contributed by atoms with E-state index in [-0.39, 0.29) is 17.7 Å². The van der Waals surface area contributed by atoms with Gasteiger partial charge in [0.15, 0.2) is 0 Å². The Kier molecular flexibility index (Phi) is 5.22. The molecule has 0 fully saturated rings. The molecule has 2 heterocycles. The van der Waals surface area contributed by atoms with Gasteiger partial charge in [-0.1, -0.05) is 32.0 Å². The van der Waals surface area contributed by atoms with Crippen LogP contribution in [0.4, 0.5) is 5.69 Å². The first-order chi connectivity index (χ1) is 14.4. The fourth-order valence-electron chi connectivity index (χ4n) is 2.84. The summed E-state index contributed by atoms with van der Waals surface area (Å²) in [6, 6.07) is 14.6. The minimum absolute atomic E-state index is 0.144. The van der Waals surface area contributed by atoms with E-state index in [2.05, 4.69) is 20.8 Å². The van der Waals surface area contributed by atoms with Crippen molar-refractivity contribution in [2.45, 2.75) is 39.2 Å². The largest absolute Gasteiger partial charge is 0.489 e. The van der Waals surface area contributed by atoms with Crippen molar-refractivity contribution in [1.82, 2.24) is 15.5 Å². The highest BCUT2D eigenvalue weighted by Crippen LogP contribution is 2.23. The number of hydrogen-bond acceptors (Lipinski definition) is 7. The summed E-state index contributed by atoms with van der Waals surface area (Å²) in [5.41, 5.74) is 3.50. The van der Waals surface area contributed by atoms with E-state index in [0.717, 1.165) is 11.3 Å². The van der Waals surface area contributed by atoms with Gasteiger partial charge in [0, 0.05) is 17.2 Å². The second-order valence-electron chi connectivity index (χ2n) is 8.06. The number of benzene rings is 2. The van der Waals surface area contributed by atoms with Gasteiger partial charge in [-0.25, -0.2) is 4.63 Å². The number of nitrogens with one attached hydrogen (secondary N) is 1. The van der Waals surface area contributed by atoms with Gasteiger partial charge in [-0.3, -0.25) is 4.79 Å². The van der Waals surface area contributed by atoms with E-state index < -0.39 is 0 Å². The maximum atomic E-state index is 12.3. The molecule has 0 spiro atoms. The summed E-state index contributed by atoms with van der Waals surface area (Å²) in [7, 11) is 0. The van der Waals surface area contributed by atoms with Crippen LogP contribution in [0.25, 0.3) is 11.0 Å². The molecular formula is C22H22N4O4. The number of fused-ring (bicyclic) bond motifs is 1. The molecule has 30 heavy (non-hydrogen) atoms. The van der Waals surface area contributed by atoms with Crippen molar-refractivity contribution in [2.75, 3.05) is 5.32 Å². The number of carbonyl (C=O) groups is 1. The Bertz CT molecular complexity index is 1160. The summed E-state index contributed by atoms with van der Waals surface area (Å²) in [4.78, 5) is 12.3. The minimum atomic E-state index is -0.160. The second kappa shape index (κ2) is 7.98. The van der Waals surface area contributed by atoms with Gasteiger partial charge < -0.3 is 14.6 Å². The van der Waals surface area contributed by atoms with Gasteiger partial charge in [0.1, 0.15) is 29.2 Å². The van der Waals surface area contributed by atoms with Gasteiger partial charge in [-0.2, -0.15) is 0 Å². The Morgan fingerprint density at radius 3 is 2.50 bits per heavy atom. The lowest BCUT2D eigenvalue weighted by Gasteiger charge is -2.12. The molecule has 1 N–H and O–H groups in total. The van der Waals surface area contributed by atoms with Crippen LogP contribution in [0.15, 0.2) is 57.7 Å². The molecule has 4 aromatic rings. The Morgan fingerprint density at radius 1 is 1.00 bits per heavy atom. The van der Waals surface area contributed by atoms with Crippen molar-refractivity contribution in [3.63, 3.8) is 0 Å². The van der Waals surface area contributed by atoms with Crippen LogP contribution in [-0.2, 0) is 23.2 Å². The molecule has 0 bridgehead atoms. The molecule has 2 aromatic carbocycles. The smallest absolute Gasteiger partial charge is 0.230 e. The van der Waals surface area contributed by atoms with Crippen LogP contribution in [0.3, 0.4) is 0 Å². The highest BCUT2D eigenvalue weighted by molar-refractivity contribution is 5.92. The number of ether oxygens (including phenoxy) is 1. The molecule has 0 aliphatic heterocycles. The predicted molar refractivity (Wildman–Crippen MR) is 110 cm³/mol. The lowest BCUT2D eigenvalue weighted by Crippen LogP contribution is -2.14. The number of aromatic nitrogens is 3. The molecule has 8 nitrogen and oxygen atoms in total. The first-order valence-electron chi connectivity index (χ1n) is 9.57. The van der Waals surface area contributed by atoms with Crippen LogP contribution < -0.4 is 10.1 Å². The fourth-order valence-corrected chi connectivity index (χ4v) is 2.84. The highest BCUT2D eigenvalue weighted by atomic mass is 16.6. The number of carbonyl (C=O) groups excluding carboxylic acids is 1. The van der Waals surface area contributed by atoms with Crippen molar-refractivity contribution in [3.05, 3.63) is 65.5 Å². The Balaban J connectivity index is 1.30. The van der Waals surface area contributed by atoms with Crippen LogP contribution in [0.1, 0.15) is 37.8 Å². The summed E-state index contributed by atoms with van der Waals surface area (Å²) >= 11 is 0. The average Bonchev–Trinajstić information content (AvgIpc) is 3.36. The second-order valence-corrected chi connectivity index (χ2v) is 8.06. The minimum Gasteiger partial charge on any atom is -0.489 e. The molecule has 154 valence electrons. The predicted octanol–water partition coefficient (Wildman–Crippen LogP) is 4.27. The van der Waals surface area contributed by atoms with E-state index in [9.17, 15) is 4.79 Å². The van der Waals surface area contributed by atoms with E-state index in [0.29, 0.717) is 34.8 Å². The Morgan fingerprint density at radius 2 is 1.77 bits per heavy atom. The summed E-state index contributed by atoms with van der Waals surface area (Å²) < 4.78 is 15.8. The third-order valence-electron chi connectivity index (χ3n) is 4.50. The summed E-state index contributed by atoms with van der Waals surface area (Å²) in [6.07, 6.45) is 0.150. The van der Waals surface area contributed by atoms with Gasteiger partial charge >= 0.3 is 0 Å². The van der Waals surface area contributed by atoms with Crippen molar-refractivity contribution in [3.8, 4) is 5.75 Å². The van der Waals surface area contributed by atoms with Gasteiger partial charge in [-0.15, -0.1) is 0 Å². The zero-order chi connectivity index (χ0) is 21.1. The molecule has 0 unspecified atom stereocenters. The SMILES string of the molecule is CC(C)(C)c1cc(CC(=O)Nc2ccc(OCc3ccc4nonc4c3)cc2)no1. The number of nitrogens with zero attached hydrogens (tertiary/aromatic N) is 3. The molecular weight excluding hydrogens is 384 g/mol. The molecule has 4 rings (SSSR count). The van der Waals surface area contributed by atoms with Crippen molar-refractivity contribution >= 4 is 22.6 Å². The van der Waals surface area contributed by atoms with Crippen LogP contribution in [0.5, 0.6) is 5.75 Å². The molecule has 0 aliphatic carbocycles. The van der Waals surface area contributed by atoms with E-state index in [1.54, 1.807) is 24.3 Å². The number of anilines is 1. The molecule has 0 saturated carbocycles. The number of rotatable bonds is 6. The van der Waals surface area contributed by atoms with Crippen LogP contribution in [-0.4, -0.2) is 21.4 Å². The van der Waals surface area contributed by atoms with Crippen molar-refractivity contribution < 1.29 is 18.7 Å². The molecule has 0 aliphatic rings. The van der Waals surface area contributed by atoms with E-state index in [1.165, 1.54) is 0 Å². The highest BCUT2D eigenvalue weighted by Gasteiger charge is 2.20. The molecule has 0 radical (unpaired) electrons. The lowest BCUT2D eigenvalue weighted by atomic mass is 9.93. The monoisotopic (exact) mass is 406 g/mol. The summed E-state index contributed by atoms with van der Waals surface area (Å²) in [5.74, 6) is 1.29. The molecule has 0 saturated heterocycles. The first-order valence-corrected chi connectivity index (χ1v) is 9.57. The summed E-state index contributed by atoms with van der Waals surface area (Å²) in [5, 5.41) is 14.4. The van der Waals surface area contributed by atoms with E-state index in [1.807, 2.05) is 45.0 Å². The normalized spacial score (nSPS) is 11.6. The van der Waals surface area contributed by atoms with Crippen molar-refractivity contribution in [2.24, 2.45) is 0 Å². The van der Waals surface area contributed by atoms with E-state index >= 15 is 0 Å². The van der Waals surface area contributed by atoms with Gasteiger partial charge in [0.05, 0.1) is 12.1 Å². The average molecular weight is 406 g/mol. The fraction of sp³-hybridized carbons (Fsp3) is 0.273. The topological polar surface area (TPSA) is 103 Å². The van der Waals surface area contributed by atoms with Gasteiger partial charge in [0.25, 0.3) is 0 Å². The van der Waals surface area contributed by atoms with Crippen LogP contribution >= 0.6 is 0 Å². The van der Waals surface area contributed by atoms with Crippen LogP contribution in [0.2, 0.25) is 0 Å². The molecule has 2 aromatic heterocycles. The zero-order valence-electron chi connectivity index (χ0n) is 17.0. The Hall–Kier alpha value is -3.68. The zero-order valence-corrected chi connectivity index (χ0v) is 17.0. The molecule has 8 heteroatoms. The van der Waals surface area contributed by atoms with E-state index in [4.69, 9.17) is 13.9 Å². The first kappa shape index (κ1) is 19.6. The standard InChI is InChI=1S/C22H22N4O4/c1-22(2,3)20-11-16(24-29-20)12-21(27)23-15-5-7-17(8-6-15)28-13-14-4-9-18-19(10-14)26-30-25-18/h4-11H,12-13H2,1-3H3,(H,23,27). The number of amides is 1. The molecule has 0 atom stereocenters. The third kappa shape index (κ3) is 4.65. The van der Waals surface area contributed by atoms with Gasteiger partial charge in [0.2, 0.25) is 5.91 Å². The third-order valence-corrected chi connectivity index (χ3v) is 4.50. The molecule has 1 amide bonds. The Labute approximate surface area is 173 Å².